The predicted octanol–water partition coefficient (Wildman–Crippen LogP) is 4.13. The van der Waals surface area contributed by atoms with E-state index in [0.29, 0.717) is 22.6 Å². The van der Waals surface area contributed by atoms with E-state index >= 15 is 0 Å². The number of carbonyl (C=O) groups is 2. The van der Waals surface area contributed by atoms with Crippen molar-refractivity contribution in [1.82, 2.24) is 10.4 Å². The summed E-state index contributed by atoms with van der Waals surface area (Å²) in [7, 11) is 0. The number of hydrogen-bond donors (Lipinski definition) is 1. The first-order valence-corrected chi connectivity index (χ1v) is 9.78. The smallest absolute Gasteiger partial charge is 0.337 e. The monoisotopic (exact) mass is 438 g/mol. The van der Waals surface area contributed by atoms with E-state index in [1.54, 1.807) is 32.0 Å². The molecule has 2 aromatic carbocycles. The fourth-order valence-electron chi connectivity index (χ4n) is 3.51. The van der Waals surface area contributed by atoms with Crippen molar-refractivity contribution >= 4 is 11.8 Å². The van der Waals surface area contributed by atoms with Crippen molar-refractivity contribution in [3.05, 3.63) is 71.0 Å². The first-order valence-electron chi connectivity index (χ1n) is 9.78. The summed E-state index contributed by atoms with van der Waals surface area (Å²) in [4.78, 5) is 30.3. The minimum atomic E-state index is -4.87. The maximum absolute atomic E-state index is 13.6. The molecule has 2 aromatic rings. The Morgan fingerprint density at radius 2 is 1.81 bits per heavy atom. The van der Waals surface area contributed by atoms with E-state index in [1.165, 1.54) is 30.3 Å². The van der Waals surface area contributed by atoms with Gasteiger partial charge in [-0.05, 0) is 42.7 Å². The van der Waals surface area contributed by atoms with Crippen LogP contribution < -0.4 is 5.32 Å². The number of hydrogen-bond acceptors (Lipinski definition) is 3. The summed E-state index contributed by atoms with van der Waals surface area (Å²) in [5, 5.41) is 2.84. The number of nitrogens with one attached hydrogen (secondary N) is 1. The van der Waals surface area contributed by atoms with Crippen LogP contribution in [0.3, 0.4) is 0 Å². The van der Waals surface area contributed by atoms with Gasteiger partial charge in [-0.15, -0.1) is 0 Å². The van der Waals surface area contributed by atoms with Gasteiger partial charge in [-0.1, -0.05) is 37.3 Å². The van der Waals surface area contributed by atoms with Crippen molar-refractivity contribution in [3.8, 4) is 0 Å². The molecule has 9 heteroatoms. The predicted molar refractivity (Wildman–Crippen MR) is 105 cm³/mol. The Labute approximate surface area is 176 Å². The molecular weight excluding hydrogens is 416 g/mol. The van der Waals surface area contributed by atoms with Crippen LogP contribution in [0.1, 0.15) is 40.7 Å². The van der Waals surface area contributed by atoms with E-state index in [9.17, 15) is 27.2 Å². The number of halogens is 4. The van der Waals surface area contributed by atoms with Crippen molar-refractivity contribution < 1.29 is 32.0 Å². The van der Waals surface area contributed by atoms with E-state index in [2.05, 4.69) is 5.32 Å². The van der Waals surface area contributed by atoms with Crippen LogP contribution in [0.4, 0.5) is 17.6 Å². The lowest BCUT2D eigenvalue weighted by atomic mass is 9.96. The summed E-state index contributed by atoms with van der Waals surface area (Å²) in [6.45, 7) is 3.28. The molecule has 2 unspecified atom stereocenters. The molecule has 0 aliphatic carbocycles. The Morgan fingerprint density at radius 1 is 1.16 bits per heavy atom. The minimum absolute atomic E-state index is 0.162. The Hall–Kier alpha value is -2.94. The molecule has 0 aromatic heterocycles. The minimum Gasteiger partial charge on any atom is -0.337 e. The lowest BCUT2D eigenvalue weighted by Gasteiger charge is -2.23. The highest BCUT2D eigenvalue weighted by molar-refractivity contribution is 5.99. The number of hydroxylamine groups is 2. The standard InChI is InChI=1S/C22H22F4N2O3/c1-3-14(15-8-10-16(23)11-9-15)12-28-21(30)18(19(31-28)22(24,25)26)27-20(29)17-7-5-4-6-13(17)2/h4-11,14,18-19H,3,12H2,1-2H3,(H,27,29)/t14?,18-,19?/m1/s1. The molecule has 3 rings (SSSR count). The average molecular weight is 438 g/mol. The van der Waals surface area contributed by atoms with Gasteiger partial charge in [0.1, 0.15) is 11.9 Å². The van der Waals surface area contributed by atoms with Crippen molar-refractivity contribution in [2.45, 2.75) is 44.5 Å². The van der Waals surface area contributed by atoms with Crippen LogP contribution in [-0.4, -0.2) is 41.7 Å². The number of benzene rings is 2. The van der Waals surface area contributed by atoms with Gasteiger partial charge in [-0.25, -0.2) is 9.45 Å². The van der Waals surface area contributed by atoms with Gasteiger partial charge in [0.15, 0.2) is 0 Å². The van der Waals surface area contributed by atoms with E-state index in [-0.39, 0.29) is 18.0 Å². The van der Waals surface area contributed by atoms with E-state index < -0.39 is 36.0 Å². The Morgan fingerprint density at radius 3 is 2.39 bits per heavy atom. The molecule has 3 atom stereocenters. The Bertz CT molecular complexity index is 947. The highest BCUT2D eigenvalue weighted by atomic mass is 19.4. The molecule has 1 heterocycles. The quantitative estimate of drug-likeness (QED) is 0.690. The zero-order valence-electron chi connectivity index (χ0n) is 16.9. The van der Waals surface area contributed by atoms with Crippen molar-refractivity contribution in [2.75, 3.05) is 6.54 Å². The van der Waals surface area contributed by atoms with E-state index in [0.717, 1.165) is 0 Å². The number of carbonyl (C=O) groups excluding carboxylic acids is 2. The fraction of sp³-hybridized carbons (Fsp3) is 0.364. The summed E-state index contributed by atoms with van der Waals surface area (Å²) in [5.74, 6) is -2.58. The third kappa shape index (κ3) is 5.04. The van der Waals surface area contributed by atoms with Gasteiger partial charge in [0.05, 0.1) is 6.54 Å². The third-order valence-electron chi connectivity index (χ3n) is 5.27. The van der Waals surface area contributed by atoms with Gasteiger partial charge in [-0.2, -0.15) is 13.2 Å². The first kappa shape index (κ1) is 22.7. The van der Waals surface area contributed by atoms with Crippen molar-refractivity contribution in [2.24, 2.45) is 0 Å². The number of rotatable bonds is 6. The molecule has 1 fully saturated rings. The zero-order chi connectivity index (χ0) is 22.8. The van der Waals surface area contributed by atoms with Crippen LogP contribution in [0, 0.1) is 12.7 Å². The molecule has 31 heavy (non-hydrogen) atoms. The maximum Gasteiger partial charge on any atom is 0.419 e. The van der Waals surface area contributed by atoms with Gasteiger partial charge in [-0.3, -0.25) is 14.4 Å². The second-order valence-electron chi connectivity index (χ2n) is 7.39. The molecule has 1 N–H and O–H groups in total. The second-order valence-corrected chi connectivity index (χ2v) is 7.39. The van der Waals surface area contributed by atoms with Crippen LogP contribution in [0.15, 0.2) is 48.5 Å². The number of nitrogens with zero attached hydrogens (tertiary/aromatic N) is 1. The lowest BCUT2D eigenvalue weighted by molar-refractivity contribution is -0.264. The molecule has 1 aliphatic rings. The van der Waals surface area contributed by atoms with Crippen LogP contribution in [-0.2, 0) is 9.63 Å². The van der Waals surface area contributed by atoms with Gasteiger partial charge in [0.2, 0.25) is 6.10 Å². The van der Waals surface area contributed by atoms with E-state index in [1.807, 2.05) is 0 Å². The SMILES string of the molecule is CCC(CN1OC(C(F)(F)F)[C@@H](NC(=O)c2ccccc2C)C1=O)c1ccc(F)cc1. The summed E-state index contributed by atoms with van der Waals surface area (Å²) >= 11 is 0. The molecule has 166 valence electrons. The van der Waals surface area contributed by atoms with Crippen LogP contribution in [0.25, 0.3) is 0 Å². The summed E-state index contributed by atoms with van der Waals surface area (Å²) in [6, 6.07) is 10.00. The number of aryl methyl sites for hydroxylation is 1. The summed E-state index contributed by atoms with van der Waals surface area (Å²) in [6.07, 6.45) is -6.89. The summed E-state index contributed by atoms with van der Waals surface area (Å²) in [5.41, 5.74) is 1.40. The van der Waals surface area contributed by atoms with Crippen molar-refractivity contribution in [3.63, 3.8) is 0 Å². The molecule has 5 nitrogen and oxygen atoms in total. The molecule has 0 spiro atoms. The van der Waals surface area contributed by atoms with Gasteiger partial charge < -0.3 is 5.32 Å². The second kappa shape index (κ2) is 9.05. The summed E-state index contributed by atoms with van der Waals surface area (Å²) < 4.78 is 53.9. The molecule has 2 amide bonds. The highest BCUT2D eigenvalue weighted by Crippen LogP contribution is 2.33. The van der Waals surface area contributed by atoms with Gasteiger partial charge in [0.25, 0.3) is 11.8 Å². The average Bonchev–Trinajstić information content (AvgIpc) is 3.03. The first-order chi connectivity index (χ1) is 14.6. The number of amides is 2. The Balaban J connectivity index is 1.81. The van der Waals surface area contributed by atoms with Crippen LogP contribution >= 0.6 is 0 Å². The Kier molecular flexibility index (Phi) is 6.64. The van der Waals surface area contributed by atoms with Gasteiger partial charge >= 0.3 is 6.18 Å². The van der Waals surface area contributed by atoms with Crippen LogP contribution in [0.2, 0.25) is 0 Å². The van der Waals surface area contributed by atoms with Gasteiger partial charge in [0, 0.05) is 11.5 Å². The number of alkyl halides is 3. The molecule has 1 aliphatic heterocycles. The molecule has 0 bridgehead atoms. The molecule has 0 radical (unpaired) electrons. The normalized spacial score (nSPS) is 20.1. The lowest BCUT2D eigenvalue weighted by Crippen LogP contribution is -2.50. The maximum atomic E-state index is 13.6. The fourth-order valence-corrected chi connectivity index (χ4v) is 3.51. The third-order valence-corrected chi connectivity index (χ3v) is 5.27. The van der Waals surface area contributed by atoms with Crippen LogP contribution in [0.5, 0.6) is 0 Å². The molecule has 1 saturated heterocycles. The van der Waals surface area contributed by atoms with E-state index in [4.69, 9.17) is 4.84 Å². The largest absolute Gasteiger partial charge is 0.419 e. The molecular formula is C22H22F4N2O3. The van der Waals surface area contributed by atoms with Crippen molar-refractivity contribution in [1.29, 1.82) is 0 Å². The highest BCUT2D eigenvalue weighted by Gasteiger charge is 2.57. The topological polar surface area (TPSA) is 58.6 Å². The molecule has 0 saturated carbocycles. The zero-order valence-corrected chi connectivity index (χ0v) is 16.9.